The summed E-state index contributed by atoms with van der Waals surface area (Å²) in [4.78, 5) is 0. The first kappa shape index (κ1) is 14.8. The van der Waals surface area contributed by atoms with Crippen LogP contribution in [0.15, 0.2) is 0 Å². The predicted molar refractivity (Wildman–Crippen MR) is 46.7 cm³/mol. The molecule has 0 aliphatic heterocycles. The minimum absolute atomic E-state index is 0.406. The molecule has 0 rings (SSSR count). The van der Waals surface area contributed by atoms with Gasteiger partial charge in [-0.05, 0) is 0 Å². The molecular weight excluding hydrogens is 174 g/mol. The largest absolute Gasteiger partial charge is 0.396 e. The van der Waals surface area contributed by atoms with Gasteiger partial charge >= 0.3 is 0 Å². The molecule has 0 radical (unpaired) electrons. The summed E-state index contributed by atoms with van der Waals surface area (Å²) in [5.41, 5.74) is -1.11. The van der Waals surface area contributed by atoms with E-state index < -0.39 is 31.8 Å². The fourth-order valence-corrected chi connectivity index (χ4v) is 0.300. The Balaban J connectivity index is 0. The van der Waals surface area contributed by atoms with Crippen LogP contribution in [0.1, 0.15) is 13.3 Å². The van der Waals surface area contributed by atoms with Crippen LogP contribution >= 0.6 is 0 Å². The molecule has 0 amide bonds. The van der Waals surface area contributed by atoms with Crippen LogP contribution in [0.2, 0.25) is 0 Å². The van der Waals surface area contributed by atoms with Crippen molar-refractivity contribution in [2.24, 2.45) is 5.41 Å². The molecule has 5 nitrogen and oxygen atoms in total. The van der Waals surface area contributed by atoms with Gasteiger partial charge in [-0.15, -0.1) is 0 Å². The molecule has 78 valence electrons. The zero-order valence-corrected chi connectivity index (χ0v) is 7.77. The molecule has 0 aliphatic rings. The summed E-state index contributed by atoms with van der Waals surface area (Å²) >= 11 is 0. The van der Waals surface area contributed by atoms with Crippen molar-refractivity contribution in [3.8, 4) is 6.07 Å². The second-order valence-corrected chi connectivity index (χ2v) is 2.64. The van der Waals surface area contributed by atoms with E-state index >= 15 is 0 Å². The average Bonchev–Trinajstić information content (AvgIpc) is 2.23. The number of rotatable bonds is 4. The van der Waals surface area contributed by atoms with Crippen LogP contribution in [0.5, 0.6) is 0 Å². The maximum Gasteiger partial charge on any atom is 0.0627 e. The number of nitrogens with zero attached hydrogens (tertiary/aromatic N) is 1. The summed E-state index contributed by atoms with van der Waals surface area (Å²) < 4.78 is 0. The van der Waals surface area contributed by atoms with E-state index in [9.17, 15) is 0 Å². The molecule has 0 aromatic carbocycles. The standard InChI is InChI=1S/C5H12O4.C3H5N/c6-1-5(2-7,3-8)4-9;1-2-3-4/h6-9H,1-4H2;2H2,1H3. The van der Waals surface area contributed by atoms with Crippen LogP contribution in [-0.4, -0.2) is 46.9 Å². The van der Waals surface area contributed by atoms with Crippen molar-refractivity contribution < 1.29 is 20.4 Å². The summed E-state index contributed by atoms with van der Waals surface area (Å²) in [6.45, 7) is 0.194. The fraction of sp³-hybridized carbons (Fsp3) is 0.875. The van der Waals surface area contributed by atoms with E-state index in [1.165, 1.54) is 0 Å². The Morgan fingerprint density at radius 2 is 1.23 bits per heavy atom. The molecule has 0 saturated carbocycles. The summed E-state index contributed by atoms with van der Waals surface area (Å²) in [6, 6.07) is 1.93. The van der Waals surface area contributed by atoms with E-state index in [-0.39, 0.29) is 0 Å². The Kier molecular flexibility index (Phi) is 10.7. The summed E-state index contributed by atoms with van der Waals surface area (Å²) in [6.07, 6.45) is 0.625. The quantitative estimate of drug-likeness (QED) is 0.449. The Labute approximate surface area is 77.9 Å². The first-order valence-electron chi connectivity index (χ1n) is 3.96. The Hall–Kier alpha value is -0.670. The molecular formula is C8H17NO4. The molecule has 5 heteroatoms. The van der Waals surface area contributed by atoms with Gasteiger partial charge in [0, 0.05) is 6.42 Å². The highest BCUT2D eigenvalue weighted by atomic mass is 16.3. The van der Waals surface area contributed by atoms with Crippen molar-refractivity contribution in [3.63, 3.8) is 0 Å². The predicted octanol–water partition coefficient (Wildman–Crippen LogP) is -1.14. The van der Waals surface area contributed by atoms with Crippen molar-refractivity contribution in [2.75, 3.05) is 26.4 Å². The molecule has 0 spiro atoms. The third kappa shape index (κ3) is 6.49. The lowest BCUT2D eigenvalue weighted by molar-refractivity contribution is -0.0328. The molecule has 0 heterocycles. The van der Waals surface area contributed by atoms with Crippen LogP contribution in [0.3, 0.4) is 0 Å². The molecule has 13 heavy (non-hydrogen) atoms. The minimum Gasteiger partial charge on any atom is -0.396 e. The van der Waals surface area contributed by atoms with Gasteiger partial charge in [0.1, 0.15) is 0 Å². The van der Waals surface area contributed by atoms with Gasteiger partial charge < -0.3 is 20.4 Å². The van der Waals surface area contributed by atoms with Crippen LogP contribution in [0.25, 0.3) is 0 Å². The molecule has 0 saturated heterocycles. The number of hydrogen-bond donors (Lipinski definition) is 4. The van der Waals surface area contributed by atoms with E-state index in [1.807, 2.05) is 13.0 Å². The lowest BCUT2D eigenvalue weighted by atomic mass is 9.93. The zero-order valence-electron chi connectivity index (χ0n) is 7.77. The Bertz CT molecular complexity index is 122. The molecule has 4 N–H and O–H groups in total. The second kappa shape index (κ2) is 9.42. The highest BCUT2D eigenvalue weighted by Crippen LogP contribution is 2.11. The van der Waals surface area contributed by atoms with E-state index in [0.717, 1.165) is 0 Å². The first-order chi connectivity index (χ1) is 6.16. The van der Waals surface area contributed by atoms with Gasteiger partial charge in [-0.2, -0.15) is 5.26 Å². The number of aliphatic hydroxyl groups excluding tert-OH is 4. The Morgan fingerprint density at radius 1 is 1.00 bits per heavy atom. The monoisotopic (exact) mass is 191 g/mol. The first-order valence-corrected chi connectivity index (χ1v) is 3.96. The van der Waals surface area contributed by atoms with E-state index in [4.69, 9.17) is 25.7 Å². The molecule has 0 aromatic rings. The third-order valence-corrected chi connectivity index (χ3v) is 1.50. The molecule has 0 bridgehead atoms. The maximum atomic E-state index is 8.50. The van der Waals surface area contributed by atoms with Crippen LogP contribution in [0.4, 0.5) is 0 Å². The lowest BCUT2D eigenvalue weighted by Gasteiger charge is -2.23. The number of hydrogen-bond acceptors (Lipinski definition) is 5. The van der Waals surface area contributed by atoms with Crippen molar-refractivity contribution in [1.29, 1.82) is 5.26 Å². The molecule has 0 atom stereocenters. The number of nitriles is 1. The molecule has 0 unspecified atom stereocenters. The minimum atomic E-state index is -1.11. The van der Waals surface area contributed by atoms with Gasteiger partial charge in [0.05, 0.1) is 37.9 Å². The smallest absolute Gasteiger partial charge is 0.0627 e. The van der Waals surface area contributed by atoms with Gasteiger partial charge in [0.25, 0.3) is 0 Å². The van der Waals surface area contributed by atoms with E-state index in [1.54, 1.807) is 0 Å². The van der Waals surface area contributed by atoms with E-state index in [0.29, 0.717) is 6.42 Å². The summed E-state index contributed by atoms with van der Waals surface area (Å²) in [5.74, 6) is 0. The van der Waals surface area contributed by atoms with Gasteiger partial charge in [-0.1, -0.05) is 6.92 Å². The topological polar surface area (TPSA) is 105 Å². The number of aliphatic hydroxyl groups is 4. The highest BCUT2D eigenvalue weighted by Gasteiger charge is 2.26. The van der Waals surface area contributed by atoms with Gasteiger partial charge in [0.2, 0.25) is 0 Å². The highest BCUT2D eigenvalue weighted by molar-refractivity contribution is 4.74. The third-order valence-electron chi connectivity index (χ3n) is 1.50. The maximum absolute atomic E-state index is 8.50. The Morgan fingerprint density at radius 3 is 1.23 bits per heavy atom. The van der Waals surface area contributed by atoms with Gasteiger partial charge in [-0.3, -0.25) is 0 Å². The van der Waals surface area contributed by atoms with Crippen LogP contribution in [0, 0.1) is 16.7 Å². The van der Waals surface area contributed by atoms with Crippen molar-refractivity contribution in [3.05, 3.63) is 0 Å². The van der Waals surface area contributed by atoms with Gasteiger partial charge in [0.15, 0.2) is 0 Å². The SMILES string of the molecule is CCC#N.OCC(CO)(CO)CO. The van der Waals surface area contributed by atoms with E-state index in [2.05, 4.69) is 0 Å². The zero-order chi connectivity index (χ0) is 10.7. The van der Waals surface area contributed by atoms with Crippen molar-refractivity contribution in [2.45, 2.75) is 13.3 Å². The summed E-state index contributed by atoms with van der Waals surface area (Å²) in [5, 5.41) is 41.6. The molecule has 0 aromatic heterocycles. The summed E-state index contributed by atoms with van der Waals surface area (Å²) in [7, 11) is 0. The normalized spacial score (nSPS) is 9.85. The lowest BCUT2D eigenvalue weighted by Crippen LogP contribution is -2.37. The molecule has 0 fully saturated rings. The van der Waals surface area contributed by atoms with Crippen LogP contribution in [-0.2, 0) is 0 Å². The second-order valence-electron chi connectivity index (χ2n) is 2.64. The molecule has 0 aliphatic carbocycles. The average molecular weight is 191 g/mol. The fourth-order valence-electron chi connectivity index (χ4n) is 0.300. The van der Waals surface area contributed by atoms with Crippen LogP contribution < -0.4 is 0 Å². The van der Waals surface area contributed by atoms with Crippen molar-refractivity contribution >= 4 is 0 Å². The van der Waals surface area contributed by atoms with Gasteiger partial charge in [-0.25, -0.2) is 0 Å². The van der Waals surface area contributed by atoms with Crippen molar-refractivity contribution in [1.82, 2.24) is 0 Å².